The number of rotatable bonds is 9. The predicted molar refractivity (Wildman–Crippen MR) is 128 cm³/mol. The molecule has 1 heterocycles. The molecule has 1 aliphatic rings. The molecular weight excluding hydrogens is 457 g/mol. The molecule has 31 heavy (non-hydrogen) atoms. The molecule has 0 saturated carbocycles. The normalized spacial score (nSPS) is 15.2. The van der Waals surface area contributed by atoms with Crippen molar-refractivity contribution in [2.45, 2.75) is 39.2 Å². The number of hydrogen-bond acceptors (Lipinski definition) is 4. The van der Waals surface area contributed by atoms with Crippen LogP contribution < -0.4 is 5.32 Å². The van der Waals surface area contributed by atoms with E-state index in [-0.39, 0.29) is 22.4 Å². The van der Waals surface area contributed by atoms with Crippen LogP contribution in [-0.4, -0.2) is 71.8 Å². The Morgan fingerprint density at radius 2 is 1.71 bits per heavy atom. The molecule has 1 atom stereocenters. The fourth-order valence-electron chi connectivity index (χ4n) is 3.37. The number of nitrogens with one attached hydrogen (secondary N) is 1. The average molecular weight is 488 g/mol. The Balaban J connectivity index is 1.98. The van der Waals surface area contributed by atoms with Crippen LogP contribution in [0.15, 0.2) is 18.2 Å². The van der Waals surface area contributed by atoms with Gasteiger partial charge in [0.1, 0.15) is 6.04 Å². The van der Waals surface area contributed by atoms with Crippen molar-refractivity contribution in [3.05, 3.63) is 33.8 Å². The molecule has 1 unspecified atom stereocenters. The van der Waals surface area contributed by atoms with Gasteiger partial charge < -0.3 is 15.1 Å². The Bertz CT molecular complexity index is 783. The monoisotopic (exact) mass is 487 g/mol. The number of amides is 3. The molecular formula is C22H31Cl2N3O3S. The Morgan fingerprint density at radius 1 is 1.06 bits per heavy atom. The van der Waals surface area contributed by atoms with Gasteiger partial charge in [0.2, 0.25) is 11.8 Å². The van der Waals surface area contributed by atoms with E-state index in [2.05, 4.69) is 19.2 Å². The van der Waals surface area contributed by atoms with Crippen molar-refractivity contribution >= 4 is 52.7 Å². The molecule has 1 aliphatic heterocycles. The molecule has 0 radical (unpaired) electrons. The van der Waals surface area contributed by atoms with Crippen molar-refractivity contribution in [2.75, 3.05) is 38.2 Å². The van der Waals surface area contributed by atoms with Crippen LogP contribution in [0.4, 0.5) is 0 Å². The highest BCUT2D eigenvalue weighted by Gasteiger charge is 2.30. The van der Waals surface area contributed by atoms with Gasteiger partial charge in [-0.3, -0.25) is 14.4 Å². The van der Waals surface area contributed by atoms with Crippen LogP contribution in [0.25, 0.3) is 0 Å². The molecule has 1 fully saturated rings. The van der Waals surface area contributed by atoms with Gasteiger partial charge >= 0.3 is 0 Å². The molecule has 0 aliphatic carbocycles. The van der Waals surface area contributed by atoms with E-state index in [1.165, 1.54) is 6.07 Å². The smallest absolute Gasteiger partial charge is 0.253 e. The summed E-state index contributed by atoms with van der Waals surface area (Å²) in [6.07, 6.45) is 3.89. The molecule has 2 rings (SSSR count). The second-order valence-electron chi connectivity index (χ2n) is 8.07. The van der Waals surface area contributed by atoms with E-state index in [1.54, 1.807) is 28.8 Å². The van der Waals surface area contributed by atoms with Crippen LogP contribution in [0.3, 0.4) is 0 Å². The zero-order valence-corrected chi connectivity index (χ0v) is 20.7. The maximum atomic E-state index is 13.1. The summed E-state index contributed by atoms with van der Waals surface area (Å²) in [4.78, 5) is 41.8. The largest absolute Gasteiger partial charge is 0.340 e. The number of carbonyl (C=O) groups is 3. The lowest BCUT2D eigenvalue weighted by atomic mass is 10.1. The molecule has 3 amide bonds. The number of carbonyl (C=O) groups excluding carboxylic acids is 3. The summed E-state index contributed by atoms with van der Waals surface area (Å²) in [6, 6.07) is 4.01. The quantitative estimate of drug-likeness (QED) is 0.572. The van der Waals surface area contributed by atoms with Crippen LogP contribution in [0.5, 0.6) is 0 Å². The van der Waals surface area contributed by atoms with Crippen LogP contribution >= 0.6 is 35.0 Å². The fourth-order valence-corrected chi connectivity index (χ4v) is 4.34. The minimum Gasteiger partial charge on any atom is -0.340 e. The summed E-state index contributed by atoms with van der Waals surface area (Å²) in [6.45, 7) is 6.19. The first-order valence-corrected chi connectivity index (χ1v) is 12.7. The van der Waals surface area contributed by atoms with Gasteiger partial charge in [0.15, 0.2) is 0 Å². The minimum absolute atomic E-state index is 0.123. The second kappa shape index (κ2) is 12.6. The first kappa shape index (κ1) is 25.8. The van der Waals surface area contributed by atoms with E-state index >= 15 is 0 Å². The summed E-state index contributed by atoms with van der Waals surface area (Å²) in [5.74, 6) is 0.844. The van der Waals surface area contributed by atoms with Gasteiger partial charge in [-0.1, -0.05) is 37.0 Å². The summed E-state index contributed by atoms with van der Waals surface area (Å²) < 4.78 is 0. The van der Waals surface area contributed by atoms with Crippen LogP contribution in [0.2, 0.25) is 10.0 Å². The standard InChI is InChI=1S/C22H31Cl2N3O3S/c1-15(2)4-7-20(28)26-9-11-27(12-10-26)22(30)19(8-13-31-3)25-21(29)17-6-5-16(23)14-18(17)24/h5-6,14-15,19H,4,7-13H2,1-3H3,(H,25,29). The Morgan fingerprint density at radius 3 is 2.29 bits per heavy atom. The molecule has 1 aromatic rings. The van der Waals surface area contributed by atoms with Gasteiger partial charge in [-0.15, -0.1) is 0 Å². The fraction of sp³-hybridized carbons (Fsp3) is 0.591. The minimum atomic E-state index is -0.644. The zero-order chi connectivity index (χ0) is 23.0. The van der Waals surface area contributed by atoms with E-state index in [9.17, 15) is 14.4 Å². The van der Waals surface area contributed by atoms with Crippen molar-refractivity contribution in [1.29, 1.82) is 0 Å². The third-order valence-electron chi connectivity index (χ3n) is 5.27. The molecule has 0 spiro atoms. The molecule has 6 nitrogen and oxygen atoms in total. The van der Waals surface area contributed by atoms with Crippen molar-refractivity contribution < 1.29 is 14.4 Å². The Kier molecular flexibility index (Phi) is 10.5. The lowest BCUT2D eigenvalue weighted by Gasteiger charge is -2.36. The van der Waals surface area contributed by atoms with Gasteiger partial charge in [0.25, 0.3) is 5.91 Å². The molecule has 1 aromatic carbocycles. The van der Waals surface area contributed by atoms with Crippen molar-refractivity contribution in [3.8, 4) is 0 Å². The first-order chi connectivity index (χ1) is 14.7. The third kappa shape index (κ3) is 7.88. The molecule has 0 aromatic heterocycles. The maximum absolute atomic E-state index is 13.1. The van der Waals surface area contributed by atoms with Gasteiger partial charge in [-0.05, 0) is 49.0 Å². The van der Waals surface area contributed by atoms with Gasteiger partial charge in [0.05, 0.1) is 10.6 Å². The molecule has 172 valence electrons. The lowest BCUT2D eigenvalue weighted by Crippen LogP contribution is -2.56. The summed E-state index contributed by atoms with van der Waals surface area (Å²) in [5, 5.41) is 3.53. The highest BCUT2D eigenvalue weighted by atomic mass is 35.5. The van der Waals surface area contributed by atoms with Gasteiger partial charge in [-0.2, -0.15) is 11.8 Å². The van der Waals surface area contributed by atoms with Gasteiger partial charge in [-0.25, -0.2) is 0 Å². The number of halogens is 2. The highest BCUT2D eigenvalue weighted by molar-refractivity contribution is 7.98. The number of nitrogens with zero attached hydrogens (tertiary/aromatic N) is 2. The maximum Gasteiger partial charge on any atom is 0.253 e. The van der Waals surface area contributed by atoms with Crippen LogP contribution in [0.1, 0.15) is 43.5 Å². The zero-order valence-electron chi connectivity index (χ0n) is 18.3. The van der Waals surface area contributed by atoms with Crippen LogP contribution in [0, 0.1) is 5.92 Å². The Hall–Kier alpha value is -1.44. The molecule has 0 bridgehead atoms. The first-order valence-electron chi connectivity index (χ1n) is 10.5. The van der Waals surface area contributed by atoms with E-state index < -0.39 is 11.9 Å². The number of hydrogen-bond donors (Lipinski definition) is 1. The van der Waals surface area contributed by atoms with Crippen molar-refractivity contribution in [1.82, 2.24) is 15.1 Å². The predicted octanol–water partition coefficient (Wildman–Crippen LogP) is 3.95. The van der Waals surface area contributed by atoms with E-state index in [4.69, 9.17) is 23.2 Å². The summed E-state index contributed by atoms with van der Waals surface area (Å²) >= 11 is 13.7. The molecule has 9 heteroatoms. The number of thioether (sulfide) groups is 1. The third-order valence-corrected chi connectivity index (χ3v) is 6.46. The average Bonchev–Trinajstić information content (AvgIpc) is 2.74. The van der Waals surface area contributed by atoms with Crippen molar-refractivity contribution in [2.24, 2.45) is 5.92 Å². The number of piperazine rings is 1. The lowest BCUT2D eigenvalue weighted by molar-refractivity contribution is -0.140. The van der Waals surface area contributed by atoms with Crippen LogP contribution in [-0.2, 0) is 9.59 Å². The van der Waals surface area contributed by atoms with E-state index in [0.717, 1.165) is 12.2 Å². The van der Waals surface area contributed by atoms with Crippen molar-refractivity contribution in [3.63, 3.8) is 0 Å². The second-order valence-corrected chi connectivity index (χ2v) is 9.90. The topological polar surface area (TPSA) is 69.7 Å². The van der Waals surface area contributed by atoms with Gasteiger partial charge in [0, 0.05) is 37.6 Å². The Labute approximate surface area is 199 Å². The summed E-state index contributed by atoms with van der Waals surface area (Å²) in [5.41, 5.74) is 0.286. The van der Waals surface area contributed by atoms with E-state index in [0.29, 0.717) is 50.0 Å². The molecule has 1 saturated heterocycles. The SMILES string of the molecule is CSCCC(NC(=O)c1ccc(Cl)cc1Cl)C(=O)N1CCN(C(=O)CCC(C)C)CC1. The van der Waals surface area contributed by atoms with E-state index in [1.807, 2.05) is 11.2 Å². The molecule has 1 N–H and O–H groups in total. The number of benzene rings is 1. The highest BCUT2D eigenvalue weighted by Crippen LogP contribution is 2.21. The summed E-state index contributed by atoms with van der Waals surface area (Å²) in [7, 11) is 0.